The Morgan fingerprint density at radius 3 is 2.33 bits per heavy atom. The summed E-state index contributed by atoms with van der Waals surface area (Å²) in [4.78, 5) is 11.9. The third-order valence-electron chi connectivity index (χ3n) is 3.38. The minimum atomic E-state index is -4.33. The molecule has 1 rings (SSSR count). The number of hydrogen-bond donors (Lipinski definition) is 2. The molecule has 0 aliphatic heterocycles. The molecule has 0 aromatic carbocycles. The highest BCUT2D eigenvalue weighted by atomic mass is 19.4. The van der Waals surface area contributed by atoms with E-state index in [0.717, 1.165) is 0 Å². The summed E-state index contributed by atoms with van der Waals surface area (Å²) in [5.74, 6) is -3.18. The number of carbonyl (C=O) groups is 1. The number of aliphatic hydroxyl groups excluding tert-OH is 1. The summed E-state index contributed by atoms with van der Waals surface area (Å²) in [6, 6.07) is 0. The maximum Gasteiger partial charge on any atom is 0.392 e. The van der Waals surface area contributed by atoms with Gasteiger partial charge in [0.15, 0.2) is 0 Å². The maximum atomic E-state index is 12.8. The molecule has 1 saturated carbocycles. The summed E-state index contributed by atoms with van der Waals surface area (Å²) in [6.45, 7) is 2.86. The Labute approximate surface area is 105 Å². The van der Waals surface area contributed by atoms with Gasteiger partial charge in [-0.05, 0) is 26.7 Å². The van der Waals surface area contributed by atoms with Crippen molar-refractivity contribution >= 4 is 5.91 Å². The van der Waals surface area contributed by atoms with Crippen molar-refractivity contribution in [3.63, 3.8) is 0 Å². The van der Waals surface area contributed by atoms with Crippen LogP contribution in [0.3, 0.4) is 0 Å². The lowest BCUT2D eigenvalue weighted by Crippen LogP contribution is -2.51. The Morgan fingerprint density at radius 2 is 1.83 bits per heavy atom. The van der Waals surface area contributed by atoms with Crippen LogP contribution in [0.5, 0.6) is 0 Å². The number of rotatable bonds is 3. The topological polar surface area (TPSA) is 49.3 Å². The minimum absolute atomic E-state index is 0.0150. The molecule has 6 heteroatoms. The van der Waals surface area contributed by atoms with Gasteiger partial charge in [0.05, 0.1) is 18.1 Å². The smallest absolute Gasteiger partial charge is 0.392 e. The molecule has 1 fully saturated rings. The van der Waals surface area contributed by atoms with Gasteiger partial charge in [-0.1, -0.05) is 12.8 Å². The van der Waals surface area contributed by atoms with Crippen LogP contribution in [-0.2, 0) is 4.79 Å². The van der Waals surface area contributed by atoms with Gasteiger partial charge in [-0.3, -0.25) is 4.79 Å². The Hall–Kier alpha value is -0.780. The van der Waals surface area contributed by atoms with Gasteiger partial charge in [-0.15, -0.1) is 0 Å². The second-order valence-electron chi connectivity index (χ2n) is 5.57. The second-order valence-corrected chi connectivity index (χ2v) is 5.57. The third-order valence-corrected chi connectivity index (χ3v) is 3.38. The quantitative estimate of drug-likeness (QED) is 0.824. The van der Waals surface area contributed by atoms with E-state index in [1.54, 1.807) is 13.8 Å². The standard InChI is InChI=1S/C12H20F3NO2/c1-11(2,7-17)16-10(18)8-5-3-4-6-9(8)12(13,14)15/h8-9,17H,3-7H2,1-2H3,(H,16,18). The molecule has 0 radical (unpaired) electrons. The zero-order valence-corrected chi connectivity index (χ0v) is 10.7. The Kier molecular flexibility index (Phi) is 4.64. The molecule has 0 bridgehead atoms. The summed E-state index contributed by atoms with van der Waals surface area (Å²) < 4.78 is 38.5. The highest BCUT2D eigenvalue weighted by molar-refractivity contribution is 5.79. The van der Waals surface area contributed by atoms with Crippen LogP contribution >= 0.6 is 0 Å². The highest BCUT2D eigenvalue weighted by Crippen LogP contribution is 2.41. The van der Waals surface area contributed by atoms with Crippen LogP contribution in [0, 0.1) is 11.8 Å². The molecule has 0 saturated heterocycles. The molecule has 18 heavy (non-hydrogen) atoms. The average Bonchev–Trinajstić information content (AvgIpc) is 2.27. The van der Waals surface area contributed by atoms with E-state index in [1.807, 2.05) is 0 Å². The first kappa shape index (κ1) is 15.3. The summed E-state index contributed by atoms with van der Waals surface area (Å²) in [5.41, 5.74) is -0.884. The van der Waals surface area contributed by atoms with Crippen LogP contribution in [0.2, 0.25) is 0 Å². The van der Waals surface area contributed by atoms with E-state index in [2.05, 4.69) is 5.32 Å². The summed E-state index contributed by atoms with van der Waals surface area (Å²) in [7, 11) is 0. The van der Waals surface area contributed by atoms with Crippen molar-refractivity contribution in [2.75, 3.05) is 6.61 Å². The number of carbonyl (C=O) groups excluding carboxylic acids is 1. The van der Waals surface area contributed by atoms with E-state index in [1.165, 1.54) is 0 Å². The molecular formula is C12H20F3NO2. The molecule has 1 aliphatic rings. The van der Waals surface area contributed by atoms with Crippen LogP contribution in [0.25, 0.3) is 0 Å². The van der Waals surface area contributed by atoms with Crippen molar-refractivity contribution in [2.45, 2.75) is 51.2 Å². The van der Waals surface area contributed by atoms with Crippen LogP contribution < -0.4 is 5.32 Å². The van der Waals surface area contributed by atoms with Crippen LogP contribution in [0.1, 0.15) is 39.5 Å². The molecule has 2 unspecified atom stereocenters. The summed E-state index contributed by atoms with van der Waals surface area (Å²) >= 11 is 0. The number of hydrogen-bond acceptors (Lipinski definition) is 2. The fourth-order valence-electron chi connectivity index (χ4n) is 2.30. The van der Waals surface area contributed by atoms with E-state index in [4.69, 9.17) is 5.11 Å². The van der Waals surface area contributed by atoms with Crippen molar-refractivity contribution in [1.29, 1.82) is 0 Å². The Balaban J connectivity index is 2.75. The largest absolute Gasteiger partial charge is 0.394 e. The van der Waals surface area contributed by atoms with Gasteiger partial charge in [0, 0.05) is 5.92 Å². The molecule has 3 nitrogen and oxygen atoms in total. The fourth-order valence-corrected chi connectivity index (χ4v) is 2.30. The molecule has 1 amide bonds. The van der Waals surface area contributed by atoms with E-state index in [-0.39, 0.29) is 19.4 Å². The van der Waals surface area contributed by atoms with Crippen molar-refractivity contribution in [3.8, 4) is 0 Å². The molecule has 0 heterocycles. The Bertz CT molecular complexity index is 302. The van der Waals surface area contributed by atoms with Gasteiger partial charge < -0.3 is 10.4 Å². The minimum Gasteiger partial charge on any atom is -0.394 e. The molecule has 2 atom stereocenters. The van der Waals surface area contributed by atoms with Gasteiger partial charge in [0.2, 0.25) is 5.91 Å². The van der Waals surface area contributed by atoms with Crippen LogP contribution in [-0.4, -0.2) is 29.3 Å². The Morgan fingerprint density at radius 1 is 1.28 bits per heavy atom. The first-order valence-corrected chi connectivity index (χ1v) is 6.17. The predicted octanol–water partition coefficient (Wildman–Crippen LogP) is 2.24. The van der Waals surface area contributed by atoms with Gasteiger partial charge in [0.25, 0.3) is 0 Å². The third kappa shape index (κ3) is 3.86. The highest BCUT2D eigenvalue weighted by Gasteiger charge is 2.48. The van der Waals surface area contributed by atoms with E-state index < -0.39 is 29.5 Å². The van der Waals surface area contributed by atoms with Gasteiger partial charge in [0.1, 0.15) is 0 Å². The van der Waals surface area contributed by atoms with E-state index in [9.17, 15) is 18.0 Å². The molecule has 1 aliphatic carbocycles. The number of amides is 1. The average molecular weight is 267 g/mol. The number of alkyl halides is 3. The van der Waals surface area contributed by atoms with Crippen LogP contribution in [0.4, 0.5) is 13.2 Å². The second kappa shape index (κ2) is 5.47. The zero-order valence-electron chi connectivity index (χ0n) is 10.7. The van der Waals surface area contributed by atoms with E-state index >= 15 is 0 Å². The number of nitrogens with one attached hydrogen (secondary N) is 1. The molecule has 0 spiro atoms. The van der Waals surface area contributed by atoms with Crippen molar-refractivity contribution in [1.82, 2.24) is 5.32 Å². The predicted molar refractivity (Wildman–Crippen MR) is 60.8 cm³/mol. The fraction of sp³-hybridized carbons (Fsp3) is 0.917. The normalized spacial score (nSPS) is 25.9. The van der Waals surface area contributed by atoms with E-state index in [0.29, 0.717) is 12.8 Å². The summed E-state index contributed by atoms with van der Waals surface area (Å²) in [6.07, 6.45) is -2.90. The van der Waals surface area contributed by atoms with Gasteiger partial charge >= 0.3 is 6.18 Å². The first-order valence-electron chi connectivity index (χ1n) is 6.17. The lowest BCUT2D eigenvalue weighted by atomic mass is 9.78. The summed E-state index contributed by atoms with van der Waals surface area (Å²) in [5, 5.41) is 11.5. The monoisotopic (exact) mass is 267 g/mol. The zero-order chi connectivity index (χ0) is 14.0. The molecule has 0 aromatic rings. The van der Waals surface area contributed by atoms with Gasteiger partial charge in [-0.25, -0.2) is 0 Å². The van der Waals surface area contributed by atoms with Crippen molar-refractivity contribution in [3.05, 3.63) is 0 Å². The van der Waals surface area contributed by atoms with Gasteiger partial charge in [-0.2, -0.15) is 13.2 Å². The first-order chi connectivity index (χ1) is 8.17. The SMILES string of the molecule is CC(C)(CO)NC(=O)C1CCCCC1C(F)(F)F. The number of aliphatic hydroxyl groups is 1. The van der Waals surface area contributed by atoms with Crippen molar-refractivity contribution in [2.24, 2.45) is 11.8 Å². The van der Waals surface area contributed by atoms with Crippen LogP contribution in [0.15, 0.2) is 0 Å². The molecular weight excluding hydrogens is 247 g/mol. The van der Waals surface area contributed by atoms with Crippen molar-refractivity contribution < 1.29 is 23.1 Å². The molecule has 0 aromatic heterocycles. The number of halogens is 3. The lowest BCUT2D eigenvalue weighted by Gasteiger charge is -2.34. The maximum absolute atomic E-state index is 12.8. The molecule has 106 valence electrons. The lowest BCUT2D eigenvalue weighted by molar-refractivity contribution is -0.198. The molecule has 2 N–H and O–H groups in total.